The number of hydrogen-bond acceptors (Lipinski definition) is 4. The summed E-state index contributed by atoms with van der Waals surface area (Å²) in [4.78, 5) is 16.4. The Kier molecular flexibility index (Phi) is 5.89. The van der Waals surface area contributed by atoms with E-state index in [0.29, 0.717) is 29.6 Å². The lowest BCUT2D eigenvalue weighted by Gasteiger charge is -2.06. The van der Waals surface area contributed by atoms with E-state index in [1.807, 2.05) is 24.3 Å². The second-order valence-corrected chi connectivity index (χ2v) is 7.10. The number of rotatable bonds is 7. The van der Waals surface area contributed by atoms with Gasteiger partial charge >= 0.3 is 0 Å². The Morgan fingerprint density at radius 3 is 2.80 bits per heavy atom. The number of carbonyl (C=O) groups excluding carboxylic acids is 1. The minimum Gasteiger partial charge on any atom is -0.494 e. The third kappa shape index (κ3) is 4.94. The molecule has 1 amide bonds. The van der Waals surface area contributed by atoms with Gasteiger partial charge in [-0.1, -0.05) is 42.0 Å². The molecule has 2 aromatic carbocycles. The maximum absolute atomic E-state index is 12.0. The van der Waals surface area contributed by atoms with E-state index in [4.69, 9.17) is 16.3 Å². The predicted molar refractivity (Wildman–Crippen MR) is 104 cm³/mol. The number of anilines is 1. The van der Waals surface area contributed by atoms with Crippen molar-refractivity contribution >= 4 is 44.2 Å². The van der Waals surface area contributed by atoms with E-state index < -0.39 is 0 Å². The molecule has 0 atom stereocenters. The molecule has 4 nitrogen and oxygen atoms in total. The summed E-state index contributed by atoms with van der Waals surface area (Å²) in [5.74, 6) is 0.774. The highest BCUT2D eigenvalue weighted by Crippen LogP contribution is 2.28. The molecule has 25 heavy (non-hydrogen) atoms. The van der Waals surface area contributed by atoms with Gasteiger partial charge in [0.25, 0.3) is 0 Å². The highest BCUT2D eigenvalue weighted by atomic mass is 35.5. The van der Waals surface area contributed by atoms with Gasteiger partial charge in [0, 0.05) is 11.4 Å². The van der Waals surface area contributed by atoms with Crippen molar-refractivity contribution in [2.24, 2.45) is 0 Å². The number of aromatic nitrogens is 1. The second kappa shape index (κ2) is 8.32. The predicted octanol–water partition coefficient (Wildman–Crippen LogP) is 5.31. The van der Waals surface area contributed by atoms with Crippen LogP contribution in [0.2, 0.25) is 5.02 Å². The average molecular weight is 375 g/mol. The lowest BCUT2D eigenvalue weighted by molar-refractivity contribution is -0.116. The van der Waals surface area contributed by atoms with Crippen LogP contribution in [-0.2, 0) is 11.2 Å². The second-order valence-electron chi connectivity index (χ2n) is 5.63. The molecule has 3 aromatic rings. The number of aryl methyl sites for hydroxylation is 1. The van der Waals surface area contributed by atoms with Gasteiger partial charge < -0.3 is 10.1 Å². The standard InChI is InChI=1S/C19H19ClN2O2S/c1-2-13-5-8-15(9-6-13)24-11-3-4-18(23)22-19-21-16-10-7-14(20)12-17(16)25-19/h5-10,12H,2-4,11H2,1H3,(H,21,22,23). The van der Waals surface area contributed by atoms with Crippen molar-refractivity contribution < 1.29 is 9.53 Å². The highest BCUT2D eigenvalue weighted by Gasteiger charge is 2.08. The third-order valence-electron chi connectivity index (χ3n) is 3.75. The van der Waals surface area contributed by atoms with Gasteiger partial charge in [0.15, 0.2) is 5.13 Å². The largest absolute Gasteiger partial charge is 0.494 e. The van der Waals surface area contributed by atoms with Gasteiger partial charge in [-0.05, 0) is 48.7 Å². The number of nitrogens with one attached hydrogen (secondary N) is 1. The number of fused-ring (bicyclic) bond motifs is 1. The van der Waals surface area contributed by atoms with Gasteiger partial charge in [0.2, 0.25) is 5.91 Å². The van der Waals surface area contributed by atoms with E-state index in [2.05, 4.69) is 29.4 Å². The molecular weight excluding hydrogens is 356 g/mol. The molecular formula is C19H19ClN2O2S. The van der Waals surface area contributed by atoms with Crippen molar-refractivity contribution in [3.63, 3.8) is 0 Å². The lowest BCUT2D eigenvalue weighted by atomic mass is 10.2. The minimum absolute atomic E-state index is 0.0601. The van der Waals surface area contributed by atoms with Crippen LogP contribution in [-0.4, -0.2) is 17.5 Å². The minimum atomic E-state index is -0.0601. The summed E-state index contributed by atoms with van der Waals surface area (Å²) in [5.41, 5.74) is 2.12. The SMILES string of the molecule is CCc1ccc(OCCCC(=O)Nc2nc3ccc(Cl)cc3s2)cc1. The van der Waals surface area contributed by atoms with E-state index in [1.54, 1.807) is 6.07 Å². The zero-order chi connectivity index (χ0) is 17.6. The van der Waals surface area contributed by atoms with Gasteiger partial charge in [0.05, 0.1) is 16.8 Å². The topological polar surface area (TPSA) is 51.2 Å². The Morgan fingerprint density at radius 2 is 2.04 bits per heavy atom. The molecule has 6 heteroatoms. The molecule has 130 valence electrons. The Balaban J connectivity index is 1.44. The molecule has 0 bridgehead atoms. The maximum atomic E-state index is 12.0. The fraction of sp³-hybridized carbons (Fsp3) is 0.263. The molecule has 0 aliphatic heterocycles. The summed E-state index contributed by atoms with van der Waals surface area (Å²) >= 11 is 7.38. The summed E-state index contributed by atoms with van der Waals surface area (Å²) in [6, 6.07) is 13.5. The molecule has 3 rings (SSSR count). The number of benzene rings is 2. The Hall–Kier alpha value is -2.11. The quantitative estimate of drug-likeness (QED) is 0.570. The molecule has 0 unspecified atom stereocenters. The van der Waals surface area contributed by atoms with E-state index in [-0.39, 0.29) is 5.91 Å². The smallest absolute Gasteiger partial charge is 0.226 e. The lowest BCUT2D eigenvalue weighted by Crippen LogP contribution is -2.12. The molecule has 0 radical (unpaired) electrons. The first-order valence-electron chi connectivity index (χ1n) is 8.21. The zero-order valence-corrected chi connectivity index (χ0v) is 15.5. The molecule has 0 aliphatic carbocycles. The number of thiazole rings is 1. The van der Waals surface area contributed by atoms with Crippen LogP contribution in [0.3, 0.4) is 0 Å². The maximum Gasteiger partial charge on any atom is 0.226 e. The fourth-order valence-electron chi connectivity index (χ4n) is 2.38. The van der Waals surface area contributed by atoms with E-state index in [1.165, 1.54) is 16.9 Å². The van der Waals surface area contributed by atoms with E-state index in [0.717, 1.165) is 22.4 Å². The van der Waals surface area contributed by atoms with Crippen molar-refractivity contribution in [2.45, 2.75) is 26.2 Å². The molecule has 0 spiro atoms. The monoisotopic (exact) mass is 374 g/mol. The van der Waals surface area contributed by atoms with Gasteiger partial charge in [-0.15, -0.1) is 0 Å². The summed E-state index contributed by atoms with van der Waals surface area (Å²) in [5, 5.41) is 4.10. The van der Waals surface area contributed by atoms with Crippen LogP contribution in [0.5, 0.6) is 5.75 Å². The molecule has 0 saturated carbocycles. The van der Waals surface area contributed by atoms with Crippen LogP contribution >= 0.6 is 22.9 Å². The fourth-order valence-corrected chi connectivity index (χ4v) is 3.54. The number of hydrogen-bond donors (Lipinski definition) is 1. The number of ether oxygens (including phenoxy) is 1. The van der Waals surface area contributed by atoms with Crippen LogP contribution < -0.4 is 10.1 Å². The van der Waals surface area contributed by atoms with Crippen LogP contribution in [0.15, 0.2) is 42.5 Å². The summed E-state index contributed by atoms with van der Waals surface area (Å²) in [6.45, 7) is 2.63. The van der Waals surface area contributed by atoms with Crippen LogP contribution in [0, 0.1) is 0 Å². The number of nitrogens with zero attached hydrogens (tertiary/aromatic N) is 1. The highest BCUT2D eigenvalue weighted by molar-refractivity contribution is 7.22. The Labute approximate surface area is 155 Å². The van der Waals surface area contributed by atoms with Crippen molar-refractivity contribution in [3.05, 3.63) is 53.1 Å². The van der Waals surface area contributed by atoms with Crippen molar-refractivity contribution in [1.29, 1.82) is 0 Å². The summed E-state index contributed by atoms with van der Waals surface area (Å²) < 4.78 is 6.62. The van der Waals surface area contributed by atoms with Gasteiger partial charge in [-0.2, -0.15) is 0 Å². The summed E-state index contributed by atoms with van der Waals surface area (Å²) in [7, 11) is 0. The van der Waals surface area contributed by atoms with Gasteiger partial charge in [-0.3, -0.25) is 4.79 Å². The average Bonchev–Trinajstić information content (AvgIpc) is 3.00. The number of amides is 1. The Bertz CT molecular complexity index is 861. The van der Waals surface area contributed by atoms with Gasteiger partial charge in [-0.25, -0.2) is 4.98 Å². The zero-order valence-electron chi connectivity index (χ0n) is 13.9. The first-order valence-corrected chi connectivity index (χ1v) is 9.41. The first kappa shape index (κ1) is 17.7. The molecule has 0 aliphatic rings. The number of carbonyl (C=O) groups is 1. The Morgan fingerprint density at radius 1 is 1.24 bits per heavy atom. The van der Waals surface area contributed by atoms with Crippen LogP contribution in [0.25, 0.3) is 10.2 Å². The molecule has 1 aromatic heterocycles. The van der Waals surface area contributed by atoms with Crippen LogP contribution in [0.1, 0.15) is 25.3 Å². The van der Waals surface area contributed by atoms with E-state index in [9.17, 15) is 4.79 Å². The number of halogens is 1. The first-order chi connectivity index (χ1) is 12.1. The van der Waals surface area contributed by atoms with Gasteiger partial charge in [0.1, 0.15) is 5.75 Å². The molecule has 1 heterocycles. The van der Waals surface area contributed by atoms with Crippen molar-refractivity contribution in [2.75, 3.05) is 11.9 Å². The molecule has 0 saturated heterocycles. The van der Waals surface area contributed by atoms with E-state index >= 15 is 0 Å². The summed E-state index contributed by atoms with van der Waals surface area (Å²) in [6.07, 6.45) is 2.06. The third-order valence-corrected chi connectivity index (χ3v) is 4.91. The van der Waals surface area contributed by atoms with Crippen molar-refractivity contribution in [1.82, 2.24) is 4.98 Å². The van der Waals surface area contributed by atoms with Crippen molar-refractivity contribution in [3.8, 4) is 5.75 Å². The normalized spacial score (nSPS) is 10.8. The molecule has 1 N–H and O–H groups in total. The molecule has 0 fully saturated rings. The van der Waals surface area contributed by atoms with Crippen LogP contribution in [0.4, 0.5) is 5.13 Å².